The van der Waals surface area contributed by atoms with Gasteiger partial charge in [0.2, 0.25) is 5.91 Å². The number of aryl methyl sites for hydroxylation is 1. The Morgan fingerprint density at radius 3 is 2.37 bits per heavy atom. The molecule has 1 saturated carbocycles. The number of carbonyl (C=O) groups is 2. The maximum atomic E-state index is 12.9. The topological polar surface area (TPSA) is 95.6 Å². The molecule has 1 atom stereocenters. The first-order chi connectivity index (χ1) is 14.3. The van der Waals surface area contributed by atoms with E-state index < -0.39 is 16.1 Å². The summed E-state index contributed by atoms with van der Waals surface area (Å²) in [6.45, 7) is 2.28. The molecule has 8 heteroatoms. The van der Waals surface area contributed by atoms with E-state index in [1.54, 1.807) is 60.4 Å². The quantitative estimate of drug-likeness (QED) is 0.741. The molecular formula is C22H25N3O4S. The summed E-state index contributed by atoms with van der Waals surface area (Å²) in [4.78, 5) is 27.2. The number of nitrogens with one attached hydrogen (secondary N) is 2. The smallest absolute Gasteiger partial charge is 0.262 e. The van der Waals surface area contributed by atoms with Crippen LogP contribution < -0.4 is 10.0 Å². The number of benzene rings is 2. The molecule has 4 rings (SSSR count). The van der Waals surface area contributed by atoms with Crippen molar-refractivity contribution < 1.29 is 18.0 Å². The van der Waals surface area contributed by atoms with Gasteiger partial charge in [-0.15, -0.1) is 0 Å². The van der Waals surface area contributed by atoms with Gasteiger partial charge in [-0.2, -0.15) is 0 Å². The number of nitrogens with zero attached hydrogens (tertiary/aromatic N) is 1. The third-order valence-electron chi connectivity index (χ3n) is 5.51. The molecule has 7 nitrogen and oxygen atoms in total. The Bertz CT molecular complexity index is 1060. The summed E-state index contributed by atoms with van der Waals surface area (Å²) in [6, 6.07) is 12.9. The zero-order chi connectivity index (χ0) is 21.3. The van der Waals surface area contributed by atoms with Crippen molar-refractivity contribution in [3.05, 3.63) is 59.7 Å². The molecule has 2 amide bonds. The van der Waals surface area contributed by atoms with Crippen LogP contribution in [0.2, 0.25) is 0 Å². The number of hydrogen-bond donors (Lipinski definition) is 2. The van der Waals surface area contributed by atoms with Crippen molar-refractivity contribution in [1.82, 2.24) is 10.2 Å². The third kappa shape index (κ3) is 4.33. The monoisotopic (exact) mass is 427 g/mol. The van der Waals surface area contributed by atoms with Crippen LogP contribution >= 0.6 is 0 Å². The number of amides is 2. The Morgan fingerprint density at radius 1 is 1.00 bits per heavy atom. The Balaban J connectivity index is 1.46. The maximum absolute atomic E-state index is 12.9. The standard InChI is InChI=1S/C22H25N3O4S/c1-15-5-2-3-7-20(15)30(28,29)24-18-10-8-16(9-11-18)22(27)25-14-4-6-19(25)21(26)23-17-12-13-17/h2-3,5,7-11,17,19,24H,4,6,12-14H2,1H3,(H,23,26). The van der Waals surface area contributed by atoms with Crippen molar-refractivity contribution in [3.63, 3.8) is 0 Å². The fraction of sp³-hybridized carbons (Fsp3) is 0.364. The second kappa shape index (κ2) is 8.10. The van der Waals surface area contributed by atoms with Crippen molar-refractivity contribution in [1.29, 1.82) is 0 Å². The summed E-state index contributed by atoms with van der Waals surface area (Å²) in [5.74, 6) is -0.289. The molecular weight excluding hydrogens is 402 g/mol. The molecule has 30 heavy (non-hydrogen) atoms. The highest BCUT2D eigenvalue weighted by Gasteiger charge is 2.36. The normalized spacial score (nSPS) is 18.8. The number of carbonyl (C=O) groups excluding carboxylic acids is 2. The number of rotatable bonds is 6. The zero-order valence-electron chi connectivity index (χ0n) is 16.8. The molecule has 0 bridgehead atoms. The van der Waals surface area contributed by atoms with Gasteiger partial charge in [0, 0.05) is 23.8 Å². The van der Waals surface area contributed by atoms with E-state index in [4.69, 9.17) is 0 Å². The van der Waals surface area contributed by atoms with E-state index in [1.165, 1.54) is 0 Å². The molecule has 1 heterocycles. The molecule has 2 fully saturated rings. The highest BCUT2D eigenvalue weighted by Crippen LogP contribution is 2.25. The lowest BCUT2D eigenvalue weighted by molar-refractivity contribution is -0.125. The number of sulfonamides is 1. The lowest BCUT2D eigenvalue weighted by atomic mass is 10.1. The predicted molar refractivity (Wildman–Crippen MR) is 114 cm³/mol. The Labute approximate surface area is 176 Å². The van der Waals surface area contributed by atoms with Gasteiger partial charge >= 0.3 is 0 Å². The lowest BCUT2D eigenvalue weighted by Gasteiger charge is -2.24. The minimum absolute atomic E-state index is 0.0778. The predicted octanol–water partition coefficient (Wildman–Crippen LogP) is 2.68. The first-order valence-corrected chi connectivity index (χ1v) is 11.6. The molecule has 2 N–H and O–H groups in total. The van der Waals surface area contributed by atoms with Crippen molar-refractivity contribution in [2.24, 2.45) is 0 Å². The maximum Gasteiger partial charge on any atom is 0.262 e. The van der Waals surface area contributed by atoms with Crippen LogP contribution in [0.1, 0.15) is 41.6 Å². The van der Waals surface area contributed by atoms with Gasteiger partial charge in [-0.05, 0) is 68.5 Å². The minimum atomic E-state index is -3.72. The summed E-state index contributed by atoms with van der Waals surface area (Å²) in [7, 11) is -3.72. The molecule has 2 aromatic rings. The van der Waals surface area contributed by atoms with Crippen molar-refractivity contribution in [2.45, 2.75) is 49.6 Å². The summed E-state index contributed by atoms with van der Waals surface area (Å²) in [5.41, 5.74) is 1.46. The highest BCUT2D eigenvalue weighted by atomic mass is 32.2. The van der Waals surface area contributed by atoms with Crippen LogP contribution in [0.4, 0.5) is 5.69 Å². The van der Waals surface area contributed by atoms with Gasteiger partial charge in [-0.25, -0.2) is 8.42 Å². The van der Waals surface area contributed by atoms with Crippen LogP contribution in [-0.2, 0) is 14.8 Å². The Morgan fingerprint density at radius 2 is 1.70 bits per heavy atom. The van der Waals surface area contributed by atoms with Crippen LogP contribution in [0, 0.1) is 6.92 Å². The summed E-state index contributed by atoms with van der Waals surface area (Å²) in [5, 5.41) is 2.98. The van der Waals surface area contributed by atoms with Crippen LogP contribution in [0.25, 0.3) is 0 Å². The van der Waals surface area contributed by atoms with Gasteiger partial charge in [0.1, 0.15) is 6.04 Å². The average molecular weight is 428 g/mol. The molecule has 1 saturated heterocycles. The summed E-state index contributed by atoms with van der Waals surface area (Å²) < 4.78 is 27.8. The van der Waals surface area contributed by atoms with E-state index in [-0.39, 0.29) is 22.8 Å². The van der Waals surface area contributed by atoms with E-state index >= 15 is 0 Å². The fourth-order valence-corrected chi connectivity index (χ4v) is 5.03. The first kappa shape index (κ1) is 20.4. The van der Waals surface area contributed by atoms with E-state index in [9.17, 15) is 18.0 Å². The molecule has 2 aliphatic rings. The minimum Gasteiger partial charge on any atom is -0.352 e. The second-order valence-corrected chi connectivity index (χ2v) is 9.54. The van der Waals surface area contributed by atoms with Gasteiger partial charge in [0.25, 0.3) is 15.9 Å². The molecule has 1 aliphatic carbocycles. The highest BCUT2D eigenvalue weighted by molar-refractivity contribution is 7.92. The first-order valence-electron chi connectivity index (χ1n) is 10.1. The zero-order valence-corrected chi connectivity index (χ0v) is 17.6. The molecule has 158 valence electrons. The SMILES string of the molecule is Cc1ccccc1S(=O)(=O)Nc1ccc(C(=O)N2CCCC2C(=O)NC2CC2)cc1. The number of hydrogen-bond acceptors (Lipinski definition) is 4. The van der Waals surface area contributed by atoms with Gasteiger partial charge in [0.15, 0.2) is 0 Å². The Hall–Kier alpha value is -2.87. The van der Waals surface area contributed by atoms with E-state index in [0.717, 1.165) is 19.3 Å². The summed E-state index contributed by atoms with van der Waals surface area (Å²) in [6.07, 6.45) is 3.47. The van der Waals surface area contributed by atoms with Gasteiger partial charge in [-0.3, -0.25) is 14.3 Å². The summed E-state index contributed by atoms with van der Waals surface area (Å²) >= 11 is 0. The average Bonchev–Trinajstić information content (AvgIpc) is 3.39. The lowest BCUT2D eigenvalue weighted by Crippen LogP contribution is -2.46. The van der Waals surface area contributed by atoms with Gasteiger partial charge in [0.05, 0.1) is 4.90 Å². The van der Waals surface area contributed by atoms with Crippen molar-refractivity contribution >= 4 is 27.5 Å². The largest absolute Gasteiger partial charge is 0.352 e. The van der Waals surface area contributed by atoms with E-state index in [2.05, 4.69) is 10.0 Å². The van der Waals surface area contributed by atoms with Crippen LogP contribution in [0.5, 0.6) is 0 Å². The van der Waals surface area contributed by atoms with Crippen LogP contribution in [0.3, 0.4) is 0 Å². The van der Waals surface area contributed by atoms with Gasteiger partial charge < -0.3 is 10.2 Å². The third-order valence-corrected chi connectivity index (χ3v) is 7.05. The molecule has 0 aromatic heterocycles. The second-order valence-electron chi connectivity index (χ2n) is 7.89. The van der Waals surface area contributed by atoms with E-state index in [1.807, 2.05) is 0 Å². The van der Waals surface area contributed by atoms with Crippen LogP contribution in [0.15, 0.2) is 53.4 Å². The number of likely N-dealkylation sites (tertiary alicyclic amines) is 1. The van der Waals surface area contributed by atoms with E-state index in [0.29, 0.717) is 29.8 Å². The molecule has 1 aliphatic heterocycles. The van der Waals surface area contributed by atoms with Crippen molar-refractivity contribution in [3.8, 4) is 0 Å². The number of anilines is 1. The Kier molecular flexibility index (Phi) is 5.51. The molecule has 0 spiro atoms. The van der Waals surface area contributed by atoms with Gasteiger partial charge in [-0.1, -0.05) is 18.2 Å². The molecule has 0 radical (unpaired) electrons. The van der Waals surface area contributed by atoms with Crippen molar-refractivity contribution in [2.75, 3.05) is 11.3 Å². The van der Waals surface area contributed by atoms with Crippen LogP contribution in [-0.4, -0.2) is 43.8 Å². The molecule has 1 unspecified atom stereocenters. The fourth-order valence-electron chi connectivity index (χ4n) is 3.72. The molecule has 2 aromatic carbocycles.